The van der Waals surface area contributed by atoms with Crippen molar-refractivity contribution in [2.45, 2.75) is 118 Å². The molecular weight excluding hydrogens is 264 g/mol. The summed E-state index contributed by atoms with van der Waals surface area (Å²) in [5.74, 6) is 2.86. The van der Waals surface area contributed by atoms with Crippen molar-refractivity contribution in [1.82, 2.24) is 0 Å². The van der Waals surface area contributed by atoms with Crippen molar-refractivity contribution in [2.75, 3.05) is 0 Å². The average molecular weight is 310 g/mol. The van der Waals surface area contributed by atoms with Gasteiger partial charge in [0.15, 0.2) is 0 Å². The molecule has 0 saturated carbocycles. The van der Waals surface area contributed by atoms with E-state index in [1.165, 1.54) is 83.5 Å². The summed E-state index contributed by atoms with van der Waals surface area (Å²) in [5.41, 5.74) is 0. The Morgan fingerprint density at radius 3 is 2.05 bits per heavy atom. The van der Waals surface area contributed by atoms with Crippen molar-refractivity contribution in [1.29, 1.82) is 0 Å². The highest BCUT2D eigenvalue weighted by molar-refractivity contribution is 4.73. The molecule has 3 unspecified atom stereocenters. The first-order chi connectivity index (χ1) is 10.7. The van der Waals surface area contributed by atoms with Gasteiger partial charge in [0, 0.05) is 0 Å². The molecule has 0 heteroatoms. The van der Waals surface area contributed by atoms with Crippen molar-refractivity contribution >= 4 is 0 Å². The summed E-state index contributed by atoms with van der Waals surface area (Å²) in [5, 5.41) is 0. The van der Waals surface area contributed by atoms with E-state index in [1.54, 1.807) is 0 Å². The molecule has 0 saturated heterocycles. The van der Waals surface area contributed by atoms with Crippen LogP contribution in [-0.2, 0) is 0 Å². The molecule has 0 heterocycles. The third-order valence-electron chi connectivity index (χ3n) is 5.47. The van der Waals surface area contributed by atoms with Crippen molar-refractivity contribution in [3.63, 3.8) is 0 Å². The van der Waals surface area contributed by atoms with E-state index >= 15 is 0 Å². The van der Waals surface area contributed by atoms with Gasteiger partial charge in [0.25, 0.3) is 0 Å². The van der Waals surface area contributed by atoms with Gasteiger partial charge in [-0.3, -0.25) is 0 Å². The molecule has 0 aromatic carbocycles. The van der Waals surface area contributed by atoms with Crippen LogP contribution in [0.4, 0.5) is 0 Å². The van der Waals surface area contributed by atoms with E-state index < -0.39 is 0 Å². The van der Waals surface area contributed by atoms with Crippen molar-refractivity contribution < 1.29 is 0 Å². The summed E-state index contributed by atoms with van der Waals surface area (Å²) in [7, 11) is 0. The molecule has 0 aromatic rings. The van der Waals surface area contributed by atoms with Gasteiger partial charge in [0.1, 0.15) is 0 Å². The van der Waals surface area contributed by atoms with E-state index in [0.29, 0.717) is 0 Å². The monoisotopic (exact) mass is 309 g/mol. The molecule has 1 radical (unpaired) electrons. The molecule has 3 atom stereocenters. The Kier molecular flexibility index (Phi) is 15.9. The first kappa shape index (κ1) is 22.0. The van der Waals surface area contributed by atoms with Crippen LogP contribution in [0.5, 0.6) is 0 Å². The first-order valence-electron chi connectivity index (χ1n) is 10.5. The lowest BCUT2D eigenvalue weighted by atomic mass is 9.84. The number of hydrogen-bond acceptors (Lipinski definition) is 0. The van der Waals surface area contributed by atoms with Gasteiger partial charge in [0.05, 0.1) is 0 Å². The molecule has 0 fully saturated rings. The van der Waals surface area contributed by atoms with Crippen LogP contribution < -0.4 is 0 Å². The lowest BCUT2D eigenvalue weighted by molar-refractivity contribution is 0.300. The summed E-state index contributed by atoms with van der Waals surface area (Å²) in [4.78, 5) is 0. The second-order valence-corrected chi connectivity index (χ2v) is 7.54. The molecule has 0 bridgehead atoms. The second-order valence-electron chi connectivity index (χ2n) is 7.54. The Morgan fingerprint density at radius 2 is 1.45 bits per heavy atom. The molecule has 0 aliphatic rings. The second kappa shape index (κ2) is 15.9. The highest BCUT2D eigenvalue weighted by atomic mass is 14.2. The third-order valence-corrected chi connectivity index (χ3v) is 5.47. The molecule has 0 aliphatic carbocycles. The maximum atomic E-state index is 2.61. The molecule has 0 aliphatic heterocycles. The van der Waals surface area contributed by atoms with E-state index in [1.807, 2.05) is 0 Å². The van der Waals surface area contributed by atoms with Crippen LogP contribution in [0.25, 0.3) is 0 Å². The maximum Gasteiger partial charge on any atom is -0.0383 e. The predicted octanol–water partition coefficient (Wildman–Crippen LogP) is 8.21. The normalized spacial score (nSPS) is 15.7. The first-order valence-corrected chi connectivity index (χ1v) is 10.5. The third kappa shape index (κ3) is 11.6. The summed E-state index contributed by atoms with van der Waals surface area (Å²) < 4.78 is 0. The number of hydrogen-bond donors (Lipinski definition) is 0. The smallest absolute Gasteiger partial charge is 0.0383 e. The van der Waals surface area contributed by atoms with Crippen LogP contribution in [0.1, 0.15) is 118 Å². The summed E-state index contributed by atoms with van der Waals surface area (Å²) >= 11 is 0. The van der Waals surface area contributed by atoms with Gasteiger partial charge in [-0.05, 0) is 30.6 Å². The molecule has 22 heavy (non-hydrogen) atoms. The van der Waals surface area contributed by atoms with Crippen LogP contribution in [0.3, 0.4) is 0 Å². The van der Waals surface area contributed by atoms with Crippen LogP contribution in [-0.4, -0.2) is 0 Å². The highest BCUT2D eigenvalue weighted by Gasteiger charge is 2.14. The Bertz CT molecular complexity index is 208. The summed E-state index contributed by atoms with van der Waals surface area (Å²) in [6.45, 7) is 11.8. The number of rotatable bonds is 16. The molecule has 0 nitrogen and oxygen atoms in total. The fourth-order valence-corrected chi connectivity index (χ4v) is 3.91. The minimum absolute atomic E-state index is 0.925. The Balaban J connectivity index is 3.74. The van der Waals surface area contributed by atoms with E-state index in [4.69, 9.17) is 0 Å². The zero-order chi connectivity index (χ0) is 16.6. The zero-order valence-electron chi connectivity index (χ0n) is 16.5. The fourth-order valence-electron chi connectivity index (χ4n) is 3.91. The summed E-state index contributed by atoms with van der Waals surface area (Å²) in [6.07, 6.45) is 20.8. The van der Waals surface area contributed by atoms with Gasteiger partial charge >= 0.3 is 0 Å². The van der Waals surface area contributed by atoms with Crippen molar-refractivity contribution in [2.24, 2.45) is 17.8 Å². The highest BCUT2D eigenvalue weighted by Crippen LogP contribution is 2.27. The summed E-state index contributed by atoms with van der Waals surface area (Å²) in [6, 6.07) is 0. The SMILES string of the molecule is CCCCCC(C[CH]CCCC(C)C(CC)CCC)CCC. The standard InChI is InChI=1S/C22H45/c1-6-10-12-18-21(15-7-2)19-14-11-13-17-20(5)22(9-4)16-8-3/h14,20-22H,6-13,15-19H2,1-5H3. The lowest BCUT2D eigenvalue weighted by Crippen LogP contribution is -2.10. The minimum Gasteiger partial charge on any atom is -0.0654 e. The molecule has 0 amide bonds. The van der Waals surface area contributed by atoms with E-state index in [9.17, 15) is 0 Å². The minimum atomic E-state index is 0.925. The Morgan fingerprint density at radius 1 is 0.727 bits per heavy atom. The topological polar surface area (TPSA) is 0 Å². The van der Waals surface area contributed by atoms with Crippen molar-refractivity contribution in [3.8, 4) is 0 Å². The zero-order valence-corrected chi connectivity index (χ0v) is 16.5. The average Bonchev–Trinajstić information content (AvgIpc) is 2.52. The molecule has 133 valence electrons. The van der Waals surface area contributed by atoms with Gasteiger partial charge < -0.3 is 0 Å². The van der Waals surface area contributed by atoms with Gasteiger partial charge in [0.2, 0.25) is 0 Å². The fraction of sp³-hybridized carbons (Fsp3) is 0.955. The molecule has 0 rings (SSSR count). The lowest BCUT2D eigenvalue weighted by Gasteiger charge is -2.22. The van der Waals surface area contributed by atoms with Crippen LogP contribution >= 0.6 is 0 Å². The van der Waals surface area contributed by atoms with E-state index in [-0.39, 0.29) is 0 Å². The molecule has 0 N–H and O–H groups in total. The Hall–Kier alpha value is 0. The van der Waals surface area contributed by atoms with E-state index in [2.05, 4.69) is 41.0 Å². The van der Waals surface area contributed by atoms with Gasteiger partial charge in [-0.25, -0.2) is 0 Å². The number of unbranched alkanes of at least 4 members (excludes halogenated alkanes) is 4. The van der Waals surface area contributed by atoms with Crippen LogP contribution in [0, 0.1) is 24.2 Å². The van der Waals surface area contributed by atoms with Gasteiger partial charge in [-0.1, -0.05) is 112 Å². The molecule has 0 spiro atoms. The van der Waals surface area contributed by atoms with E-state index in [0.717, 1.165) is 17.8 Å². The quantitative estimate of drug-likeness (QED) is 0.252. The largest absolute Gasteiger partial charge is 0.0654 e. The Labute approximate surface area is 142 Å². The van der Waals surface area contributed by atoms with Crippen molar-refractivity contribution in [3.05, 3.63) is 6.42 Å². The van der Waals surface area contributed by atoms with Crippen LogP contribution in [0.15, 0.2) is 0 Å². The predicted molar refractivity (Wildman–Crippen MR) is 103 cm³/mol. The molecule has 0 aromatic heterocycles. The van der Waals surface area contributed by atoms with Gasteiger partial charge in [-0.15, -0.1) is 0 Å². The van der Waals surface area contributed by atoms with Gasteiger partial charge in [-0.2, -0.15) is 0 Å². The maximum absolute atomic E-state index is 2.61. The van der Waals surface area contributed by atoms with Crippen LogP contribution in [0.2, 0.25) is 0 Å². The molecular formula is C22H45.